The van der Waals surface area contributed by atoms with Crippen molar-refractivity contribution in [2.45, 2.75) is 23.8 Å². The summed E-state index contributed by atoms with van der Waals surface area (Å²) in [5.41, 5.74) is -2.16. The summed E-state index contributed by atoms with van der Waals surface area (Å²) in [7, 11) is 2.28. The number of imide groups is 1. The van der Waals surface area contributed by atoms with Gasteiger partial charge < -0.3 is 10.1 Å². The summed E-state index contributed by atoms with van der Waals surface area (Å²) in [6.07, 6.45) is -4.64. The SMILES string of the molecule is CC.CNc1c(C(=O)OC)cc(C(F)(F)F)c(Br)c1F.O=CNC(=O)C(Cl)(Cl)Cl. The van der Waals surface area contributed by atoms with E-state index in [1.807, 2.05) is 13.8 Å². The van der Waals surface area contributed by atoms with Crippen LogP contribution in [-0.2, 0) is 20.5 Å². The maximum Gasteiger partial charge on any atom is 0.417 e. The van der Waals surface area contributed by atoms with Gasteiger partial charge in [-0.05, 0) is 22.0 Å². The quantitative estimate of drug-likeness (QED) is 0.237. The summed E-state index contributed by atoms with van der Waals surface area (Å²) >= 11 is 17.6. The fourth-order valence-corrected chi connectivity index (χ4v) is 2.18. The number of benzene rings is 1. The average molecular weight is 551 g/mol. The van der Waals surface area contributed by atoms with Crippen molar-refractivity contribution in [1.82, 2.24) is 5.32 Å². The van der Waals surface area contributed by atoms with Gasteiger partial charge in [-0.2, -0.15) is 13.2 Å². The molecule has 0 fully saturated rings. The summed E-state index contributed by atoms with van der Waals surface area (Å²) in [6, 6.07) is 0.533. The third kappa shape index (κ3) is 9.37. The molecule has 14 heteroatoms. The van der Waals surface area contributed by atoms with E-state index in [9.17, 15) is 31.9 Å². The molecule has 2 N–H and O–H groups in total. The minimum atomic E-state index is -4.78. The molecule has 0 aliphatic carbocycles. The number of rotatable bonds is 3. The molecular weight excluding hydrogens is 534 g/mol. The molecule has 0 bridgehead atoms. The van der Waals surface area contributed by atoms with E-state index in [4.69, 9.17) is 34.8 Å². The van der Waals surface area contributed by atoms with Crippen LogP contribution < -0.4 is 10.6 Å². The largest absolute Gasteiger partial charge is 0.465 e. The number of anilines is 1. The Morgan fingerprint density at radius 1 is 1.21 bits per heavy atom. The van der Waals surface area contributed by atoms with Crippen LogP contribution in [0.4, 0.5) is 23.2 Å². The van der Waals surface area contributed by atoms with E-state index in [0.29, 0.717) is 6.07 Å². The van der Waals surface area contributed by atoms with Gasteiger partial charge in [-0.15, -0.1) is 0 Å². The number of carbonyl (C=O) groups is 3. The van der Waals surface area contributed by atoms with Gasteiger partial charge in [0.25, 0.3) is 9.70 Å². The Morgan fingerprint density at radius 2 is 1.69 bits per heavy atom. The number of esters is 1. The van der Waals surface area contributed by atoms with Crippen LogP contribution in [0, 0.1) is 5.82 Å². The lowest BCUT2D eigenvalue weighted by Crippen LogP contribution is -2.33. The van der Waals surface area contributed by atoms with Crippen molar-refractivity contribution in [3.63, 3.8) is 0 Å². The molecule has 0 atom stereocenters. The smallest absolute Gasteiger partial charge is 0.417 e. The highest BCUT2D eigenvalue weighted by Gasteiger charge is 2.37. The fraction of sp³-hybridized carbons (Fsp3) is 0.400. The normalized spacial score (nSPS) is 10.5. The molecule has 0 unspecified atom stereocenters. The topological polar surface area (TPSA) is 84.5 Å². The van der Waals surface area contributed by atoms with E-state index < -0.39 is 43.3 Å². The Balaban J connectivity index is 0. The van der Waals surface area contributed by atoms with E-state index in [-0.39, 0.29) is 12.1 Å². The summed E-state index contributed by atoms with van der Waals surface area (Å²) in [5, 5.41) is 4.00. The second-order valence-corrected chi connectivity index (χ2v) is 7.38. The molecule has 166 valence electrons. The van der Waals surface area contributed by atoms with E-state index in [1.165, 1.54) is 7.05 Å². The van der Waals surface area contributed by atoms with E-state index in [0.717, 1.165) is 7.11 Å². The van der Waals surface area contributed by atoms with Crippen molar-refractivity contribution < 1.29 is 36.7 Å². The van der Waals surface area contributed by atoms with E-state index in [1.54, 1.807) is 5.32 Å². The predicted molar refractivity (Wildman–Crippen MR) is 106 cm³/mol. The van der Waals surface area contributed by atoms with Gasteiger partial charge in [0.2, 0.25) is 6.41 Å². The molecule has 0 radical (unpaired) electrons. The monoisotopic (exact) mass is 548 g/mol. The molecule has 2 amide bonds. The zero-order valence-electron chi connectivity index (χ0n) is 15.3. The number of methoxy groups -OCH3 is 1. The molecule has 0 aliphatic rings. The van der Waals surface area contributed by atoms with Crippen LogP contribution in [0.3, 0.4) is 0 Å². The van der Waals surface area contributed by atoms with Gasteiger partial charge in [0.1, 0.15) is 0 Å². The van der Waals surface area contributed by atoms with Gasteiger partial charge in [0.15, 0.2) is 5.82 Å². The molecule has 29 heavy (non-hydrogen) atoms. The molecule has 0 saturated carbocycles. The first kappa shape index (κ1) is 29.9. The molecule has 0 heterocycles. The Hall–Kier alpha value is -1.30. The van der Waals surface area contributed by atoms with E-state index in [2.05, 4.69) is 26.0 Å². The Kier molecular flexibility index (Phi) is 13.5. The Morgan fingerprint density at radius 3 is 1.97 bits per heavy atom. The number of hydrogen-bond donors (Lipinski definition) is 2. The molecule has 0 aliphatic heterocycles. The second-order valence-electron chi connectivity index (χ2n) is 4.30. The average Bonchev–Trinajstić information content (AvgIpc) is 2.63. The zero-order valence-corrected chi connectivity index (χ0v) is 19.2. The van der Waals surface area contributed by atoms with Gasteiger partial charge in [0.05, 0.1) is 28.4 Å². The van der Waals surface area contributed by atoms with Gasteiger partial charge >= 0.3 is 12.1 Å². The van der Waals surface area contributed by atoms with Crippen LogP contribution in [0.2, 0.25) is 0 Å². The number of carbonyl (C=O) groups excluding carboxylic acids is 3. The van der Waals surface area contributed by atoms with Crippen molar-refractivity contribution in [3.05, 3.63) is 27.5 Å². The lowest BCUT2D eigenvalue weighted by Gasteiger charge is -2.15. The Bertz CT molecular complexity index is 729. The minimum Gasteiger partial charge on any atom is -0.465 e. The lowest BCUT2D eigenvalue weighted by molar-refractivity contribution is -0.138. The maximum atomic E-state index is 13.7. The second kappa shape index (κ2) is 13.1. The van der Waals surface area contributed by atoms with Crippen LogP contribution in [0.5, 0.6) is 0 Å². The van der Waals surface area contributed by atoms with Gasteiger partial charge in [0, 0.05) is 7.05 Å². The van der Waals surface area contributed by atoms with Gasteiger partial charge in [-0.3, -0.25) is 14.9 Å². The number of nitrogens with one attached hydrogen (secondary N) is 2. The van der Waals surface area contributed by atoms with Crippen molar-refractivity contribution in [1.29, 1.82) is 0 Å². The van der Waals surface area contributed by atoms with Crippen molar-refractivity contribution >= 4 is 74.7 Å². The maximum absolute atomic E-state index is 13.7. The molecule has 0 spiro atoms. The van der Waals surface area contributed by atoms with Crippen molar-refractivity contribution in [2.24, 2.45) is 0 Å². The molecular formula is C15H16BrCl3F4N2O4. The predicted octanol–water partition coefficient (Wildman–Crippen LogP) is 5.09. The summed E-state index contributed by atoms with van der Waals surface area (Å²) in [6.45, 7) is 4.00. The number of alkyl halides is 6. The molecule has 1 aromatic carbocycles. The number of hydrogen-bond acceptors (Lipinski definition) is 5. The first-order valence-corrected chi connectivity index (χ1v) is 9.31. The van der Waals surface area contributed by atoms with Crippen LogP contribution in [0.1, 0.15) is 29.8 Å². The van der Waals surface area contributed by atoms with Crippen molar-refractivity contribution in [2.75, 3.05) is 19.5 Å². The third-order valence-electron chi connectivity index (χ3n) is 2.61. The van der Waals surface area contributed by atoms with Crippen LogP contribution >= 0.6 is 50.7 Å². The number of halogens is 8. The Labute approximate surface area is 187 Å². The fourth-order valence-electron chi connectivity index (χ4n) is 1.48. The minimum absolute atomic E-state index is 0.143. The molecule has 1 aromatic rings. The van der Waals surface area contributed by atoms with Crippen LogP contribution in [0.25, 0.3) is 0 Å². The molecule has 6 nitrogen and oxygen atoms in total. The third-order valence-corrected chi connectivity index (χ3v) is 3.91. The van der Waals surface area contributed by atoms with Gasteiger partial charge in [-0.1, -0.05) is 48.7 Å². The first-order valence-electron chi connectivity index (χ1n) is 7.38. The highest BCUT2D eigenvalue weighted by molar-refractivity contribution is 9.10. The van der Waals surface area contributed by atoms with Crippen molar-refractivity contribution in [3.8, 4) is 0 Å². The number of ether oxygens (including phenoxy) is 1. The highest BCUT2D eigenvalue weighted by Crippen LogP contribution is 2.40. The van der Waals surface area contributed by atoms with E-state index >= 15 is 0 Å². The van der Waals surface area contributed by atoms with Crippen LogP contribution in [0.15, 0.2) is 10.5 Å². The standard InChI is InChI=1S/C10H8BrF4NO2.C3H2Cl3NO2.C2H6/c1-16-8-4(9(17)18-2)3-5(10(13,14)15)6(11)7(8)12;4-3(5,6)2(9)7-1-8;1-2/h3,16H,1-2H3;1H,(H,7,8,9);1-2H3. The van der Waals surface area contributed by atoms with Gasteiger partial charge in [-0.25, -0.2) is 9.18 Å². The van der Waals surface area contributed by atoms with Crippen LogP contribution in [-0.4, -0.2) is 36.2 Å². The highest BCUT2D eigenvalue weighted by atomic mass is 79.9. The molecule has 1 rings (SSSR count). The molecule has 0 saturated heterocycles. The summed E-state index contributed by atoms with van der Waals surface area (Å²) < 4.78 is 53.2. The first-order chi connectivity index (χ1) is 13.2. The lowest BCUT2D eigenvalue weighted by atomic mass is 10.1. The summed E-state index contributed by atoms with van der Waals surface area (Å²) in [5.74, 6) is -3.22. The molecule has 0 aromatic heterocycles. The zero-order chi connectivity index (χ0) is 23.6. The number of amides is 2. The summed E-state index contributed by atoms with van der Waals surface area (Å²) in [4.78, 5) is 31.2.